The number of carbonyl (C=O) groups excluding carboxylic acids is 2. The number of hydrogen-bond donors (Lipinski definition) is 1. The summed E-state index contributed by atoms with van der Waals surface area (Å²) >= 11 is 1.65. The molecule has 3 aromatic rings. The Morgan fingerprint density at radius 3 is 2.71 bits per heavy atom. The predicted octanol–water partition coefficient (Wildman–Crippen LogP) is 4.60. The number of benzene rings is 2. The van der Waals surface area contributed by atoms with Crippen molar-refractivity contribution in [1.82, 2.24) is 9.88 Å². The molecule has 2 aromatic carbocycles. The number of rotatable bonds is 6. The van der Waals surface area contributed by atoms with Crippen LogP contribution in [0.1, 0.15) is 30.7 Å². The van der Waals surface area contributed by atoms with Crippen molar-refractivity contribution in [2.24, 2.45) is 5.92 Å². The summed E-state index contributed by atoms with van der Waals surface area (Å²) in [5.41, 5.74) is 1.58. The van der Waals surface area contributed by atoms with E-state index in [2.05, 4.69) is 23.5 Å². The van der Waals surface area contributed by atoms with E-state index in [0.717, 1.165) is 21.6 Å². The number of allylic oxidation sites excluding steroid dienone is 2. The fraction of sp³-hybridized carbons (Fsp3) is 0.346. The molecule has 34 heavy (non-hydrogen) atoms. The Bertz CT molecular complexity index is 1200. The van der Waals surface area contributed by atoms with E-state index in [1.807, 2.05) is 25.1 Å². The van der Waals surface area contributed by atoms with Crippen LogP contribution in [-0.4, -0.2) is 48.0 Å². The average molecular weight is 478 g/mol. The van der Waals surface area contributed by atoms with E-state index in [-0.39, 0.29) is 30.2 Å². The van der Waals surface area contributed by atoms with Gasteiger partial charge in [0.2, 0.25) is 11.8 Å². The largest absolute Gasteiger partial charge is 0.486 e. The van der Waals surface area contributed by atoms with Crippen molar-refractivity contribution in [2.75, 3.05) is 31.6 Å². The molecule has 0 saturated heterocycles. The number of thiazole rings is 1. The molecule has 7 nitrogen and oxygen atoms in total. The van der Waals surface area contributed by atoms with Crippen molar-refractivity contribution >= 4 is 39.1 Å². The van der Waals surface area contributed by atoms with E-state index < -0.39 is 0 Å². The number of para-hydroxylation sites is 1. The number of fused-ring (bicyclic) bond motifs is 2. The monoisotopic (exact) mass is 477 g/mol. The molecule has 5 rings (SSSR count). The lowest BCUT2D eigenvalue weighted by atomic mass is 9.82. The van der Waals surface area contributed by atoms with Gasteiger partial charge in [0.05, 0.1) is 27.7 Å². The van der Waals surface area contributed by atoms with E-state index in [1.54, 1.807) is 34.4 Å². The third-order valence-electron chi connectivity index (χ3n) is 6.23. The Kier molecular flexibility index (Phi) is 6.49. The van der Waals surface area contributed by atoms with Crippen LogP contribution >= 0.6 is 11.3 Å². The smallest absolute Gasteiger partial charge is 0.243 e. The van der Waals surface area contributed by atoms with Crippen LogP contribution in [0.25, 0.3) is 10.2 Å². The molecule has 0 spiro atoms. The van der Waals surface area contributed by atoms with Gasteiger partial charge in [-0.25, -0.2) is 4.98 Å². The summed E-state index contributed by atoms with van der Waals surface area (Å²) in [5.74, 6) is 0.821. The summed E-state index contributed by atoms with van der Waals surface area (Å²) < 4.78 is 12.2. The average Bonchev–Trinajstić information content (AvgIpc) is 3.31. The molecule has 0 radical (unpaired) electrons. The molecule has 2 heterocycles. The number of amides is 2. The van der Waals surface area contributed by atoms with E-state index in [1.165, 1.54) is 0 Å². The third kappa shape index (κ3) is 4.63. The summed E-state index contributed by atoms with van der Waals surface area (Å²) in [4.78, 5) is 32.8. The lowest BCUT2D eigenvalue weighted by molar-refractivity contribution is -0.138. The van der Waals surface area contributed by atoms with Crippen molar-refractivity contribution in [3.63, 3.8) is 0 Å². The molecule has 2 atom stereocenters. The maximum Gasteiger partial charge on any atom is 0.243 e. The standard InChI is InChI=1S/C26H27N3O4S/c1-2-29(16-24(30)27-17-11-12-21-22(15-17)33-14-13-32-21)26(31)19-8-4-3-7-18(19)25-28-20-9-5-6-10-23(20)34-25/h3-6,9-12,15,18-19H,2,7-8,13-14,16H2,1H3,(H,27,30). The Labute approximate surface area is 202 Å². The molecule has 2 unspecified atom stereocenters. The summed E-state index contributed by atoms with van der Waals surface area (Å²) in [6.07, 6.45) is 5.62. The van der Waals surface area contributed by atoms with Crippen LogP contribution < -0.4 is 14.8 Å². The van der Waals surface area contributed by atoms with E-state index >= 15 is 0 Å². The van der Waals surface area contributed by atoms with Crippen LogP contribution in [-0.2, 0) is 9.59 Å². The van der Waals surface area contributed by atoms with Crippen molar-refractivity contribution in [2.45, 2.75) is 25.7 Å². The highest BCUT2D eigenvalue weighted by molar-refractivity contribution is 7.18. The fourth-order valence-electron chi connectivity index (χ4n) is 4.48. The predicted molar refractivity (Wildman–Crippen MR) is 133 cm³/mol. The van der Waals surface area contributed by atoms with Gasteiger partial charge in [-0.05, 0) is 44.0 Å². The maximum atomic E-state index is 13.6. The summed E-state index contributed by atoms with van der Waals surface area (Å²) in [6, 6.07) is 13.4. The minimum Gasteiger partial charge on any atom is -0.486 e. The molecule has 2 aliphatic rings. The van der Waals surface area contributed by atoms with Crippen molar-refractivity contribution in [3.8, 4) is 11.5 Å². The van der Waals surface area contributed by atoms with Crippen LogP contribution in [0.2, 0.25) is 0 Å². The van der Waals surface area contributed by atoms with Gasteiger partial charge in [-0.3, -0.25) is 9.59 Å². The number of nitrogens with zero attached hydrogens (tertiary/aromatic N) is 2. The minimum atomic E-state index is -0.241. The van der Waals surface area contributed by atoms with Crippen LogP contribution in [0.4, 0.5) is 5.69 Å². The molecule has 1 N–H and O–H groups in total. The van der Waals surface area contributed by atoms with Gasteiger partial charge in [0.25, 0.3) is 0 Å². The molecule has 0 fully saturated rings. The molecule has 1 aliphatic carbocycles. The van der Waals surface area contributed by atoms with Crippen molar-refractivity contribution in [3.05, 3.63) is 59.6 Å². The number of aromatic nitrogens is 1. The second kappa shape index (κ2) is 9.85. The topological polar surface area (TPSA) is 80.8 Å². The molecule has 1 aromatic heterocycles. The molecule has 8 heteroatoms. The number of likely N-dealkylation sites (N-methyl/N-ethyl adjacent to an activating group) is 1. The quantitative estimate of drug-likeness (QED) is 0.525. The van der Waals surface area contributed by atoms with E-state index in [0.29, 0.717) is 43.4 Å². The zero-order chi connectivity index (χ0) is 23.5. The van der Waals surface area contributed by atoms with Crippen LogP contribution in [0.5, 0.6) is 11.5 Å². The first-order valence-electron chi connectivity index (χ1n) is 11.6. The lowest BCUT2D eigenvalue weighted by Crippen LogP contribution is -2.43. The normalized spacial score (nSPS) is 19.1. The third-order valence-corrected chi connectivity index (χ3v) is 7.40. The minimum absolute atomic E-state index is 0.00342. The van der Waals surface area contributed by atoms with E-state index in [9.17, 15) is 9.59 Å². The molecule has 176 valence electrons. The lowest BCUT2D eigenvalue weighted by Gasteiger charge is -2.31. The Morgan fingerprint density at radius 1 is 1.09 bits per heavy atom. The van der Waals surface area contributed by atoms with Crippen LogP contribution in [0.3, 0.4) is 0 Å². The zero-order valence-electron chi connectivity index (χ0n) is 19.0. The number of nitrogens with one attached hydrogen (secondary N) is 1. The molecule has 0 saturated carbocycles. The molecule has 2 amide bonds. The Balaban J connectivity index is 1.28. The summed E-state index contributed by atoms with van der Waals surface area (Å²) in [6.45, 7) is 3.35. The van der Waals surface area contributed by atoms with Gasteiger partial charge in [0, 0.05) is 24.2 Å². The SMILES string of the molecule is CCN(CC(=O)Nc1ccc2c(c1)OCCO2)C(=O)C1CC=CCC1c1nc2ccccc2s1. The molecular formula is C26H27N3O4S. The summed E-state index contributed by atoms with van der Waals surface area (Å²) in [5, 5.41) is 3.87. The zero-order valence-corrected chi connectivity index (χ0v) is 19.8. The van der Waals surface area contributed by atoms with Gasteiger partial charge in [0.1, 0.15) is 13.2 Å². The Hall–Kier alpha value is -3.39. The second-order valence-corrected chi connectivity index (χ2v) is 9.50. The molecule has 1 aliphatic heterocycles. The van der Waals surface area contributed by atoms with Crippen molar-refractivity contribution in [1.29, 1.82) is 0 Å². The van der Waals surface area contributed by atoms with Crippen LogP contribution in [0, 0.1) is 5.92 Å². The van der Waals surface area contributed by atoms with Crippen molar-refractivity contribution < 1.29 is 19.1 Å². The van der Waals surface area contributed by atoms with Gasteiger partial charge in [0.15, 0.2) is 11.5 Å². The van der Waals surface area contributed by atoms with Gasteiger partial charge in [-0.1, -0.05) is 24.3 Å². The summed E-state index contributed by atoms with van der Waals surface area (Å²) in [7, 11) is 0. The highest BCUT2D eigenvalue weighted by atomic mass is 32.1. The molecular weight excluding hydrogens is 450 g/mol. The second-order valence-electron chi connectivity index (χ2n) is 8.43. The highest BCUT2D eigenvalue weighted by Crippen LogP contribution is 2.39. The van der Waals surface area contributed by atoms with Gasteiger partial charge >= 0.3 is 0 Å². The van der Waals surface area contributed by atoms with Gasteiger partial charge < -0.3 is 19.7 Å². The number of ether oxygens (including phenoxy) is 2. The van der Waals surface area contributed by atoms with E-state index in [4.69, 9.17) is 14.5 Å². The number of carbonyl (C=O) groups is 2. The number of hydrogen-bond acceptors (Lipinski definition) is 6. The first-order chi connectivity index (χ1) is 16.6. The maximum absolute atomic E-state index is 13.6. The first kappa shape index (κ1) is 22.4. The Morgan fingerprint density at radius 2 is 1.88 bits per heavy atom. The fourth-order valence-corrected chi connectivity index (χ4v) is 5.63. The first-order valence-corrected chi connectivity index (χ1v) is 12.4. The van der Waals surface area contributed by atoms with Crippen LogP contribution in [0.15, 0.2) is 54.6 Å². The number of anilines is 1. The highest BCUT2D eigenvalue weighted by Gasteiger charge is 2.35. The molecule has 0 bridgehead atoms. The van der Waals surface area contributed by atoms with Gasteiger partial charge in [-0.15, -0.1) is 11.3 Å². The van der Waals surface area contributed by atoms with Gasteiger partial charge in [-0.2, -0.15) is 0 Å².